The van der Waals surface area contributed by atoms with Crippen LogP contribution in [0.5, 0.6) is 5.75 Å². The molecule has 0 bridgehead atoms. The molecule has 0 fully saturated rings. The van der Waals surface area contributed by atoms with Gasteiger partial charge in [0.25, 0.3) is 5.91 Å². The molecule has 1 aromatic carbocycles. The Labute approximate surface area is 147 Å². The van der Waals surface area contributed by atoms with Crippen molar-refractivity contribution in [1.29, 1.82) is 0 Å². The Morgan fingerprint density at radius 1 is 1.21 bits per heavy atom. The van der Waals surface area contributed by atoms with Gasteiger partial charge in [-0.2, -0.15) is 5.10 Å². The zero-order valence-corrected chi connectivity index (χ0v) is 14.5. The number of hydrogen-bond donors (Lipinski definition) is 3. The molecule has 0 unspecified atom stereocenters. The van der Waals surface area contributed by atoms with Crippen LogP contribution in [-0.4, -0.2) is 34.9 Å². The molecule has 1 heterocycles. The van der Waals surface area contributed by atoms with Crippen molar-refractivity contribution in [3.8, 4) is 5.75 Å². The molecule has 3 amide bonds. The number of aromatic nitrogens is 2. The molecule has 0 atom stereocenters. The van der Waals surface area contributed by atoms with Crippen LogP contribution < -0.4 is 20.9 Å². The van der Waals surface area contributed by atoms with Crippen LogP contribution in [0.4, 0.5) is 4.79 Å². The average molecular weight is 396 g/mol. The standard InChI is InChI=1S/C15H18BrN5O3/c16-12-3-5-13(6-4-12)24-11-14(22)19-20-15(23)17-7-1-9-21-10-2-8-18-21/h2-6,8,10H,1,7,9,11H2,(H,19,22)(H2,17,20,23). The summed E-state index contributed by atoms with van der Waals surface area (Å²) in [5.74, 6) is 0.112. The number of hydrogen-bond acceptors (Lipinski definition) is 4. The van der Waals surface area contributed by atoms with E-state index in [9.17, 15) is 9.59 Å². The van der Waals surface area contributed by atoms with Gasteiger partial charge in [-0.3, -0.25) is 14.9 Å². The summed E-state index contributed by atoms with van der Waals surface area (Å²) in [5, 5.41) is 6.69. The average Bonchev–Trinajstić information content (AvgIpc) is 3.10. The first-order valence-corrected chi connectivity index (χ1v) is 8.11. The number of nitrogens with zero attached hydrogens (tertiary/aromatic N) is 2. The molecule has 8 nitrogen and oxygen atoms in total. The molecule has 0 saturated carbocycles. The van der Waals surface area contributed by atoms with Crippen molar-refractivity contribution in [3.63, 3.8) is 0 Å². The lowest BCUT2D eigenvalue weighted by Gasteiger charge is -2.10. The van der Waals surface area contributed by atoms with Gasteiger partial charge in [0.05, 0.1) is 0 Å². The number of urea groups is 1. The predicted octanol–water partition coefficient (Wildman–Crippen LogP) is 1.45. The number of carbonyl (C=O) groups excluding carboxylic acids is 2. The highest BCUT2D eigenvalue weighted by Crippen LogP contribution is 2.15. The monoisotopic (exact) mass is 395 g/mol. The Hall–Kier alpha value is -2.55. The maximum Gasteiger partial charge on any atom is 0.333 e. The third-order valence-electron chi connectivity index (χ3n) is 2.91. The Balaban J connectivity index is 1.54. The van der Waals surface area contributed by atoms with Gasteiger partial charge in [-0.05, 0) is 36.8 Å². The molecule has 24 heavy (non-hydrogen) atoms. The van der Waals surface area contributed by atoms with Gasteiger partial charge in [-0.15, -0.1) is 0 Å². The first-order valence-electron chi connectivity index (χ1n) is 7.32. The van der Waals surface area contributed by atoms with Gasteiger partial charge in [-0.25, -0.2) is 10.2 Å². The molecular weight excluding hydrogens is 378 g/mol. The molecule has 1 aromatic heterocycles. The second kappa shape index (κ2) is 9.56. The Morgan fingerprint density at radius 2 is 2.00 bits per heavy atom. The van der Waals surface area contributed by atoms with E-state index in [1.807, 2.05) is 24.4 Å². The highest BCUT2D eigenvalue weighted by Gasteiger charge is 2.05. The van der Waals surface area contributed by atoms with Crippen LogP contribution in [0.3, 0.4) is 0 Å². The van der Waals surface area contributed by atoms with Gasteiger partial charge in [0, 0.05) is 30.0 Å². The lowest BCUT2D eigenvalue weighted by Crippen LogP contribution is -2.48. The summed E-state index contributed by atoms with van der Waals surface area (Å²) in [6.45, 7) is 0.985. The minimum Gasteiger partial charge on any atom is -0.484 e. The minimum atomic E-state index is -0.479. The van der Waals surface area contributed by atoms with E-state index >= 15 is 0 Å². The summed E-state index contributed by atoms with van der Waals surface area (Å²) >= 11 is 3.31. The number of aryl methyl sites for hydroxylation is 1. The molecule has 0 aliphatic rings. The third kappa shape index (κ3) is 6.69. The van der Waals surface area contributed by atoms with Crippen molar-refractivity contribution in [1.82, 2.24) is 25.9 Å². The Morgan fingerprint density at radius 3 is 2.71 bits per heavy atom. The van der Waals surface area contributed by atoms with Crippen molar-refractivity contribution >= 4 is 27.9 Å². The van der Waals surface area contributed by atoms with Crippen LogP contribution >= 0.6 is 15.9 Å². The van der Waals surface area contributed by atoms with Crippen molar-refractivity contribution < 1.29 is 14.3 Å². The molecule has 0 aliphatic carbocycles. The van der Waals surface area contributed by atoms with Crippen molar-refractivity contribution in [2.45, 2.75) is 13.0 Å². The van der Waals surface area contributed by atoms with E-state index in [-0.39, 0.29) is 6.61 Å². The number of hydrazine groups is 1. The maximum atomic E-state index is 11.6. The molecule has 2 aromatic rings. The molecule has 0 aliphatic heterocycles. The van der Waals surface area contributed by atoms with Gasteiger partial charge in [0.15, 0.2) is 6.61 Å². The second-order valence-electron chi connectivity index (χ2n) is 4.79. The largest absolute Gasteiger partial charge is 0.484 e. The van der Waals surface area contributed by atoms with Gasteiger partial charge in [-0.1, -0.05) is 15.9 Å². The highest BCUT2D eigenvalue weighted by atomic mass is 79.9. The van der Waals surface area contributed by atoms with E-state index in [4.69, 9.17) is 4.74 Å². The lowest BCUT2D eigenvalue weighted by atomic mass is 10.3. The fourth-order valence-corrected chi connectivity index (χ4v) is 2.03. The van der Waals surface area contributed by atoms with Gasteiger partial charge >= 0.3 is 6.03 Å². The number of halogens is 1. The topological polar surface area (TPSA) is 97.3 Å². The first kappa shape index (κ1) is 17.8. The van der Waals surface area contributed by atoms with E-state index in [1.54, 1.807) is 23.0 Å². The number of nitrogens with one attached hydrogen (secondary N) is 3. The summed E-state index contributed by atoms with van der Waals surface area (Å²) in [6, 6.07) is 8.44. The summed E-state index contributed by atoms with van der Waals surface area (Å²) in [4.78, 5) is 23.1. The quantitative estimate of drug-likeness (QED) is 0.488. The first-order chi connectivity index (χ1) is 11.6. The van der Waals surface area contributed by atoms with Gasteiger partial charge in [0.2, 0.25) is 0 Å². The predicted molar refractivity (Wildman–Crippen MR) is 91.2 cm³/mol. The van der Waals surface area contributed by atoms with Crippen LogP contribution in [0.2, 0.25) is 0 Å². The fraction of sp³-hybridized carbons (Fsp3) is 0.267. The smallest absolute Gasteiger partial charge is 0.333 e. The summed E-state index contributed by atoms with van der Waals surface area (Å²) < 4.78 is 7.98. The third-order valence-corrected chi connectivity index (χ3v) is 3.44. The maximum absolute atomic E-state index is 11.6. The normalized spacial score (nSPS) is 10.0. The Bertz CT molecular complexity index is 646. The zero-order chi connectivity index (χ0) is 17.2. The summed E-state index contributed by atoms with van der Waals surface area (Å²) in [7, 11) is 0. The SMILES string of the molecule is O=C(COc1ccc(Br)cc1)NNC(=O)NCCCn1cccn1. The molecule has 9 heteroatoms. The molecule has 2 rings (SSSR count). The van der Waals surface area contributed by atoms with E-state index < -0.39 is 11.9 Å². The lowest BCUT2D eigenvalue weighted by molar-refractivity contribution is -0.123. The van der Waals surface area contributed by atoms with Crippen LogP contribution in [-0.2, 0) is 11.3 Å². The Kier molecular flexibility index (Phi) is 7.09. The van der Waals surface area contributed by atoms with E-state index in [0.29, 0.717) is 18.8 Å². The summed E-state index contributed by atoms with van der Waals surface area (Å²) in [5.41, 5.74) is 4.53. The molecule has 0 saturated heterocycles. The molecule has 128 valence electrons. The van der Waals surface area contributed by atoms with Crippen molar-refractivity contribution in [2.75, 3.05) is 13.2 Å². The number of amides is 3. The van der Waals surface area contributed by atoms with Crippen LogP contribution in [0.1, 0.15) is 6.42 Å². The molecule has 0 spiro atoms. The molecular formula is C15H18BrN5O3. The van der Waals surface area contributed by atoms with E-state index in [0.717, 1.165) is 10.9 Å². The summed E-state index contributed by atoms with van der Waals surface area (Å²) in [6.07, 6.45) is 4.29. The van der Waals surface area contributed by atoms with Crippen molar-refractivity contribution in [2.24, 2.45) is 0 Å². The van der Waals surface area contributed by atoms with Crippen LogP contribution in [0, 0.1) is 0 Å². The number of carbonyl (C=O) groups is 2. The van der Waals surface area contributed by atoms with E-state index in [2.05, 4.69) is 37.2 Å². The van der Waals surface area contributed by atoms with Crippen LogP contribution in [0.15, 0.2) is 47.2 Å². The minimum absolute atomic E-state index is 0.193. The zero-order valence-electron chi connectivity index (χ0n) is 12.9. The fourth-order valence-electron chi connectivity index (χ4n) is 1.76. The van der Waals surface area contributed by atoms with Gasteiger partial charge in [0.1, 0.15) is 5.75 Å². The number of rotatable bonds is 7. The van der Waals surface area contributed by atoms with Crippen LogP contribution in [0.25, 0.3) is 0 Å². The molecule has 3 N–H and O–H groups in total. The van der Waals surface area contributed by atoms with Gasteiger partial charge < -0.3 is 10.1 Å². The van der Waals surface area contributed by atoms with Crippen molar-refractivity contribution in [3.05, 3.63) is 47.2 Å². The number of ether oxygens (including phenoxy) is 1. The number of benzene rings is 1. The highest BCUT2D eigenvalue weighted by molar-refractivity contribution is 9.10. The molecule has 0 radical (unpaired) electrons. The second-order valence-corrected chi connectivity index (χ2v) is 5.71. The van der Waals surface area contributed by atoms with E-state index in [1.165, 1.54) is 0 Å².